The maximum atomic E-state index is 12.3. The van der Waals surface area contributed by atoms with E-state index in [-0.39, 0.29) is 11.9 Å². The van der Waals surface area contributed by atoms with E-state index in [2.05, 4.69) is 15.3 Å². The molecule has 0 aliphatic heterocycles. The van der Waals surface area contributed by atoms with E-state index in [1.165, 1.54) is 0 Å². The van der Waals surface area contributed by atoms with Crippen molar-refractivity contribution < 1.29 is 4.79 Å². The first-order chi connectivity index (χ1) is 11.2. The summed E-state index contributed by atoms with van der Waals surface area (Å²) in [6.45, 7) is 1.92. The number of rotatable bonds is 4. The van der Waals surface area contributed by atoms with Crippen LogP contribution in [0.3, 0.4) is 0 Å². The molecule has 2 aromatic heterocycles. The van der Waals surface area contributed by atoms with Gasteiger partial charge in [-0.1, -0.05) is 18.2 Å². The van der Waals surface area contributed by atoms with Gasteiger partial charge in [-0.3, -0.25) is 14.8 Å². The summed E-state index contributed by atoms with van der Waals surface area (Å²) in [6.07, 6.45) is 5.23. The summed E-state index contributed by atoms with van der Waals surface area (Å²) in [5.41, 5.74) is 3.61. The summed E-state index contributed by atoms with van der Waals surface area (Å²) in [4.78, 5) is 20.6. The van der Waals surface area contributed by atoms with E-state index in [1.54, 1.807) is 18.6 Å². The van der Waals surface area contributed by atoms with Gasteiger partial charge in [0.15, 0.2) is 0 Å². The number of amides is 1. The molecule has 0 fully saturated rings. The Balaban J connectivity index is 1.71. The zero-order chi connectivity index (χ0) is 16.1. The lowest BCUT2D eigenvalue weighted by molar-refractivity contribution is 0.0939. The third-order valence-electron chi connectivity index (χ3n) is 3.64. The van der Waals surface area contributed by atoms with E-state index >= 15 is 0 Å². The van der Waals surface area contributed by atoms with Crippen molar-refractivity contribution in [3.63, 3.8) is 0 Å². The average Bonchev–Trinajstić information content (AvgIpc) is 2.63. The van der Waals surface area contributed by atoms with Gasteiger partial charge in [0.05, 0.1) is 11.7 Å². The molecule has 1 atom stereocenters. The fourth-order valence-electron chi connectivity index (χ4n) is 2.34. The van der Waals surface area contributed by atoms with Crippen molar-refractivity contribution in [1.29, 1.82) is 0 Å². The van der Waals surface area contributed by atoms with Crippen LogP contribution in [0.1, 0.15) is 29.0 Å². The molecule has 0 saturated heterocycles. The van der Waals surface area contributed by atoms with Gasteiger partial charge in [-0.25, -0.2) is 0 Å². The molecule has 3 rings (SSSR count). The molecule has 0 bridgehead atoms. The Kier molecular flexibility index (Phi) is 4.43. The number of aromatic nitrogens is 2. The van der Waals surface area contributed by atoms with Crippen LogP contribution in [0.25, 0.3) is 11.1 Å². The molecule has 0 aliphatic carbocycles. The lowest BCUT2D eigenvalue weighted by Crippen LogP contribution is -2.27. The van der Waals surface area contributed by atoms with E-state index in [1.807, 2.05) is 61.5 Å². The quantitative estimate of drug-likeness (QED) is 0.800. The Morgan fingerprint density at radius 2 is 1.61 bits per heavy atom. The molecular weight excluding hydrogens is 286 g/mol. The molecule has 4 heteroatoms. The van der Waals surface area contributed by atoms with E-state index in [0.29, 0.717) is 5.56 Å². The molecule has 1 aromatic carbocycles. The summed E-state index contributed by atoms with van der Waals surface area (Å²) in [7, 11) is 0. The SMILES string of the molecule is CC(NC(=O)c1ccc(-c2ccncc2)cc1)c1ccccn1. The van der Waals surface area contributed by atoms with Gasteiger partial charge in [-0.2, -0.15) is 0 Å². The molecule has 4 nitrogen and oxygen atoms in total. The number of nitrogens with zero attached hydrogens (tertiary/aromatic N) is 2. The van der Waals surface area contributed by atoms with Gasteiger partial charge < -0.3 is 5.32 Å². The first kappa shape index (κ1) is 14.9. The molecular formula is C19H17N3O. The van der Waals surface area contributed by atoms with Crippen molar-refractivity contribution in [2.45, 2.75) is 13.0 Å². The topological polar surface area (TPSA) is 54.9 Å². The summed E-state index contributed by atoms with van der Waals surface area (Å²) in [5.74, 6) is -0.107. The Labute approximate surface area is 135 Å². The number of nitrogens with one attached hydrogen (secondary N) is 1. The van der Waals surface area contributed by atoms with Gasteiger partial charge in [0.2, 0.25) is 0 Å². The number of hydrogen-bond acceptors (Lipinski definition) is 3. The molecule has 2 heterocycles. The Bertz CT molecular complexity index is 771. The van der Waals surface area contributed by atoms with Crippen LogP contribution in [0, 0.1) is 0 Å². The number of benzene rings is 1. The number of carbonyl (C=O) groups excluding carboxylic acids is 1. The zero-order valence-corrected chi connectivity index (χ0v) is 12.8. The van der Waals surface area contributed by atoms with Crippen LogP contribution in [-0.2, 0) is 0 Å². The molecule has 0 saturated carbocycles. The highest BCUT2D eigenvalue weighted by atomic mass is 16.1. The van der Waals surface area contributed by atoms with Gasteiger partial charge in [0, 0.05) is 24.2 Å². The van der Waals surface area contributed by atoms with E-state index in [9.17, 15) is 4.79 Å². The molecule has 23 heavy (non-hydrogen) atoms. The average molecular weight is 303 g/mol. The van der Waals surface area contributed by atoms with Crippen molar-refractivity contribution in [2.24, 2.45) is 0 Å². The van der Waals surface area contributed by atoms with E-state index in [0.717, 1.165) is 16.8 Å². The van der Waals surface area contributed by atoms with Crippen molar-refractivity contribution >= 4 is 5.91 Å². The highest BCUT2D eigenvalue weighted by molar-refractivity contribution is 5.94. The second-order valence-corrected chi connectivity index (χ2v) is 5.26. The van der Waals surface area contributed by atoms with Crippen LogP contribution in [0.5, 0.6) is 0 Å². The van der Waals surface area contributed by atoms with Gasteiger partial charge in [0.25, 0.3) is 5.91 Å². The van der Waals surface area contributed by atoms with Crippen molar-refractivity contribution in [3.8, 4) is 11.1 Å². The largest absolute Gasteiger partial charge is 0.344 e. The molecule has 114 valence electrons. The Morgan fingerprint density at radius 3 is 2.26 bits per heavy atom. The fraction of sp³-hybridized carbons (Fsp3) is 0.105. The van der Waals surface area contributed by atoms with Crippen LogP contribution in [0.15, 0.2) is 73.2 Å². The number of hydrogen-bond donors (Lipinski definition) is 1. The lowest BCUT2D eigenvalue weighted by Gasteiger charge is -2.13. The predicted molar refractivity (Wildman–Crippen MR) is 89.8 cm³/mol. The monoisotopic (exact) mass is 303 g/mol. The van der Waals surface area contributed by atoms with Crippen LogP contribution in [0.4, 0.5) is 0 Å². The predicted octanol–water partition coefficient (Wildman–Crippen LogP) is 3.63. The minimum atomic E-state index is -0.136. The maximum Gasteiger partial charge on any atom is 0.251 e. The van der Waals surface area contributed by atoms with Crippen molar-refractivity contribution in [1.82, 2.24) is 15.3 Å². The van der Waals surface area contributed by atoms with Crippen LogP contribution >= 0.6 is 0 Å². The van der Waals surface area contributed by atoms with Crippen LogP contribution in [0.2, 0.25) is 0 Å². The Morgan fingerprint density at radius 1 is 0.913 bits per heavy atom. The Hall–Kier alpha value is -3.01. The standard InChI is InChI=1S/C19H17N3O/c1-14(18-4-2-3-11-21-18)22-19(23)17-7-5-15(6-8-17)16-9-12-20-13-10-16/h2-14H,1H3,(H,22,23). The normalized spacial score (nSPS) is 11.7. The minimum absolute atomic E-state index is 0.107. The van der Waals surface area contributed by atoms with Gasteiger partial charge in [-0.05, 0) is 54.4 Å². The van der Waals surface area contributed by atoms with E-state index < -0.39 is 0 Å². The zero-order valence-electron chi connectivity index (χ0n) is 12.8. The molecule has 1 N–H and O–H groups in total. The smallest absolute Gasteiger partial charge is 0.251 e. The van der Waals surface area contributed by atoms with Crippen LogP contribution < -0.4 is 5.32 Å². The third kappa shape index (κ3) is 3.61. The number of carbonyl (C=O) groups is 1. The van der Waals surface area contributed by atoms with Crippen molar-refractivity contribution in [3.05, 3.63) is 84.4 Å². The summed E-state index contributed by atoms with van der Waals surface area (Å²) in [5, 5.41) is 2.96. The first-order valence-corrected chi connectivity index (χ1v) is 7.46. The van der Waals surface area contributed by atoms with Gasteiger partial charge >= 0.3 is 0 Å². The fourth-order valence-corrected chi connectivity index (χ4v) is 2.34. The van der Waals surface area contributed by atoms with Gasteiger partial charge in [0.1, 0.15) is 0 Å². The van der Waals surface area contributed by atoms with Gasteiger partial charge in [-0.15, -0.1) is 0 Å². The summed E-state index contributed by atoms with van der Waals surface area (Å²) in [6, 6.07) is 17.0. The lowest BCUT2D eigenvalue weighted by atomic mass is 10.0. The highest BCUT2D eigenvalue weighted by Gasteiger charge is 2.12. The van der Waals surface area contributed by atoms with E-state index in [4.69, 9.17) is 0 Å². The van der Waals surface area contributed by atoms with Crippen molar-refractivity contribution in [2.75, 3.05) is 0 Å². The molecule has 0 aliphatic rings. The number of pyridine rings is 2. The second kappa shape index (κ2) is 6.83. The summed E-state index contributed by atoms with van der Waals surface area (Å²) < 4.78 is 0. The molecule has 3 aromatic rings. The molecule has 1 unspecified atom stereocenters. The first-order valence-electron chi connectivity index (χ1n) is 7.46. The summed E-state index contributed by atoms with van der Waals surface area (Å²) >= 11 is 0. The molecule has 0 spiro atoms. The highest BCUT2D eigenvalue weighted by Crippen LogP contribution is 2.19. The molecule has 1 amide bonds. The second-order valence-electron chi connectivity index (χ2n) is 5.26. The minimum Gasteiger partial charge on any atom is -0.344 e. The van der Waals surface area contributed by atoms with Crippen LogP contribution in [-0.4, -0.2) is 15.9 Å². The maximum absolute atomic E-state index is 12.3. The molecule has 0 radical (unpaired) electrons. The third-order valence-corrected chi connectivity index (χ3v) is 3.64.